The van der Waals surface area contributed by atoms with E-state index >= 15 is 0 Å². The van der Waals surface area contributed by atoms with Crippen molar-refractivity contribution in [1.82, 2.24) is 5.32 Å². The third kappa shape index (κ3) is 3.61. The normalized spacial score (nSPS) is 12.2. The van der Waals surface area contributed by atoms with Crippen LogP contribution < -0.4 is 10.1 Å². The minimum Gasteiger partial charge on any atom is -0.457 e. The van der Waals surface area contributed by atoms with Crippen molar-refractivity contribution in [2.45, 2.75) is 33.7 Å². The SMILES string of the molecule is CCNC(C)c1c(F)cccc1Oc1ccc(C)c(C)c1. The molecular weight excluding hydrogens is 265 g/mol. The molecule has 0 fully saturated rings. The van der Waals surface area contributed by atoms with Crippen molar-refractivity contribution < 1.29 is 9.13 Å². The number of hydrogen-bond acceptors (Lipinski definition) is 2. The van der Waals surface area contributed by atoms with E-state index in [1.165, 1.54) is 11.6 Å². The average Bonchev–Trinajstić information content (AvgIpc) is 2.43. The number of benzene rings is 2. The molecule has 2 aromatic rings. The molecule has 0 saturated carbocycles. The van der Waals surface area contributed by atoms with Gasteiger partial charge in [-0.15, -0.1) is 0 Å². The first-order valence-electron chi connectivity index (χ1n) is 7.29. The van der Waals surface area contributed by atoms with Crippen molar-refractivity contribution in [2.75, 3.05) is 6.54 Å². The van der Waals surface area contributed by atoms with Gasteiger partial charge in [0.05, 0.1) is 0 Å². The third-order valence-electron chi connectivity index (χ3n) is 3.66. The van der Waals surface area contributed by atoms with Gasteiger partial charge in [-0.25, -0.2) is 4.39 Å². The van der Waals surface area contributed by atoms with Gasteiger partial charge < -0.3 is 10.1 Å². The summed E-state index contributed by atoms with van der Waals surface area (Å²) < 4.78 is 20.1. The molecule has 0 aliphatic rings. The van der Waals surface area contributed by atoms with Crippen LogP contribution in [-0.4, -0.2) is 6.54 Å². The Bertz CT molecular complexity index is 625. The molecule has 0 aliphatic carbocycles. The highest BCUT2D eigenvalue weighted by molar-refractivity contribution is 5.42. The smallest absolute Gasteiger partial charge is 0.135 e. The predicted octanol–water partition coefficient (Wildman–Crippen LogP) is 4.91. The van der Waals surface area contributed by atoms with Crippen LogP contribution in [0.5, 0.6) is 11.5 Å². The van der Waals surface area contributed by atoms with Crippen LogP contribution in [0.15, 0.2) is 36.4 Å². The Labute approximate surface area is 126 Å². The second-order valence-electron chi connectivity index (χ2n) is 5.28. The van der Waals surface area contributed by atoms with Crippen LogP contribution in [0.4, 0.5) is 4.39 Å². The van der Waals surface area contributed by atoms with Crippen molar-refractivity contribution in [3.8, 4) is 11.5 Å². The van der Waals surface area contributed by atoms with Crippen LogP contribution in [0.1, 0.15) is 36.6 Å². The summed E-state index contributed by atoms with van der Waals surface area (Å²) in [5.41, 5.74) is 2.94. The Hall–Kier alpha value is -1.87. The van der Waals surface area contributed by atoms with Gasteiger partial charge in [-0.3, -0.25) is 0 Å². The van der Waals surface area contributed by atoms with E-state index in [0.717, 1.165) is 17.9 Å². The fraction of sp³-hybridized carbons (Fsp3) is 0.333. The van der Waals surface area contributed by atoms with E-state index in [1.807, 2.05) is 39.0 Å². The summed E-state index contributed by atoms with van der Waals surface area (Å²) in [4.78, 5) is 0. The topological polar surface area (TPSA) is 21.3 Å². The first kappa shape index (κ1) is 15.5. The molecule has 0 heterocycles. The maximum absolute atomic E-state index is 14.2. The molecule has 0 spiro atoms. The number of aryl methyl sites for hydroxylation is 2. The highest BCUT2D eigenvalue weighted by Gasteiger charge is 2.16. The molecule has 0 aliphatic heterocycles. The standard InChI is InChI=1S/C18H22FNO/c1-5-20-14(4)18-16(19)7-6-8-17(18)21-15-10-9-12(2)13(3)11-15/h6-11,14,20H,5H2,1-4H3. The maximum atomic E-state index is 14.2. The Morgan fingerprint density at radius 2 is 1.90 bits per heavy atom. The second kappa shape index (κ2) is 6.72. The maximum Gasteiger partial charge on any atom is 0.135 e. The van der Waals surface area contributed by atoms with Crippen molar-refractivity contribution in [3.05, 3.63) is 58.9 Å². The summed E-state index contributed by atoms with van der Waals surface area (Å²) in [6.07, 6.45) is 0. The number of hydrogen-bond donors (Lipinski definition) is 1. The molecule has 3 heteroatoms. The van der Waals surface area contributed by atoms with Gasteiger partial charge >= 0.3 is 0 Å². The molecule has 0 saturated heterocycles. The van der Waals surface area contributed by atoms with Gasteiger partial charge in [0, 0.05) is 11.6 Å². The van der Waals surface area contributed by atoms with E-state index in [2.05, 4.69) is 12.2 Å². The number of rotatable bonds is 5. The van der Waals surface area contributed by atoms with E-state index in [0.29, 0.717) is 11.3 Å². The summed E-state index contributed by atoms with van der Waals surface area (Å²) in [6.45, 7) is 8.81. The summed E-state index contributed by atoms with van der Waals surface area (Å²) in [7, 11) is 0. The second-order valence-corrected chi connectivity index (χ2v) is 5.28. The van der Waals surface area contributed by atoms with Crippen molar-refractivity contribution >= 4 is 0 Å². The Kier molecular flexibility index (Phi) is 4.97. The van der Waals surface area contributed by atoms with E-state index in [1.54, 1.807) is 12.1 Å². The molecule has 2 rings (SSSR count). The van der Waals surface area contributed by atoms with Gasteiger partial charge in [-0.2, -0.15) is 0 Å². The molecule has 2 nitrogen and oxygen atoms in total. The molecule has 1 unspecified atom stereocenters. The highest BCUT2D eigenvalue weighted by Crippen LogP contribution is 2.32. The lowest BCUT2D eigenvalue weighted by molar-refractivity contribution is 0.448. The number of halogens is 1. The quantitative estimate of drug-likeness (QED) is 0.844. The van der Waals surface area contributed by atoms with E-state index in [-0.39, 0.29) is 11.9 Å². The Balaban J connectivity index is 2.35. The average molecular weight is 287 g/mol. The Morgan fingerprint density at radius 3 is 2.57 bits per heavy atom. The minimum atomic E-state index is -0.246. The molecule has 0 radical (unpaired) electrons. The van der Waals surface area contributed by atoms with Crippen molar-refractivity contribution in [3.63, 3.8) is 0 Å². The van der Waals surface area contributed by atoms with Crippen LogP contribution >= 0.6 is 0 Å². The van der Waals surface area contributed by atoms with Gasteiger partial charge in [0.15, 0.2) is 0 Å². The fourth-order valence-corrected chi connectivity index (χ4v) is 2.34. The lowest BCUT2D eigenvalue weighted by Gasteiger charge is -2.18. The monoisotopic (exact) mass is 287 g/mol. The zero-order chi connectivity index (χ0) is 15.4. The molecule has 2 aromatic carbocycles. The van der Waals surface area contributed by atoms with Crippen LogP contribution in [0.2, 0.25) is 0 Å². The molecule has 0 aromatic heterocycles. The van der Waals surface area contributed by atoms with Gasteiger partial charge in [-0.1, -0.05) is 19.1 Å². The van der Waals surface area contributed by atoms with E-state index in [4.69, 9.17) is 4.74 Å². The van der Waals surface area contributed by atoms with Crippen LogP contribution in [-0.2, 0) is 0 Å². The lowest BCUT2D eigenvalue weighted by Crippen LogP contribution is -2.19. The summed E-state index contributed by atoms with van der Waals surface area (Å²) >= 11 is 0. The van der Waals surface area contributed by atoms with Crippen LogP contribution in [0, 0.1) is 19.7 Å². The van der Waals surface area contributed by atoms with Crippen LogP contribution in [0.25, 0.3) is 0 Å². The summed E-state index contributed by atoms with van der Waals surface area (Å²) in [6, 6.07) is 10.7. The summed E-state index contributed by atoms with van der Waals surface area (Å²) in [5.74, 6) is 1.05. The highest BCUT2D eigenvalue weighted by atomic mass is 19.1. The molecular formula is C18H22FNO. The molecule has 21 heavy (non-hydrogen) atoms. The first-order chi connectivity index (χ1) is 10.0. The summed E-state index contributed by atoms with van der Waals surface area (Å²) in [5, 5.41) is 3.23. The first-order valence-corrected chi connectivity index (χ1v) is 7.29. The molecule has 1 N–H and O–H groups in total. The van der Waals surface area contributed by atoms with E-state index < -0.39 is 0 Å². The predicted molar refractivity (Wildman–Crippen MR) is 84.5 cm³/mol. The van der Waals surface area contributed by atoms with Crippen molar-refractivity contribution in [2.24, 2.45) is 0 Å². The zero-order valence-electron chi connectivity index (χ0n) is 13.0. The van der Waals surface area contributed by atoms with Crippen molar-refractivity contribution in [1.29, 1.82) is 0 Å². The third-order valence-corrected chi connectivity index (χ3v) is 3.66. The largest absolute Gasteiger partial charge is 0.457 e. The zero-order valence-corrected chi connectivity index (χ0v) is 13.0. The lowest BCUT2D eigenvalue weighted by atomic mass is 10.1. The van der Waals surface area contributed by atoms with Gasteiger partial charge in [-0.05, 0) is 62.7 Å². The van der Waals surface area contributed by atoms with E-state index in [9.17, 15) is 4.39 Å². The number of ether oxygens (including phenoxy) is 1. The molecule has 1 atom stereocenters. The fourth-order valence-electron chi connectivity index (χ4n) is 2.34. The number of nitrogens with one attached hydrogen (secondary N) is 1. The van der Waals surface area contributed by atoms with Crippen LogP contribution in [0.3, 0.4) is 0 Å². The Morgan fingerprint density at radius 1 is 1.14 bits per heavy atom. The minimum absolute atomic E-state index is 0.0993. The van der Waals surface area contributed by atoms with Gasteiger partial charge in [0.2, 0.25) is 0 Å². The molecule has 0 amide bonds. The van der Waals surface area contributed by atoms with Gasteiger partial charge in [0.1, 0.15) is 17.3 Å². The molecule has 0 bridgehead atoms. The van der Waals surface area contributed by atoms with Gasteiger partial charge in [0.25, 0.3) is 0 Å². The molecule has 112 valence electrons.